The van der Waals surface area contributed by atoms with Gasteiger partial charge in [-0.25, -0.2) is 9.59 Å². The normalized spacial score (nSPS) is 12.7. The number of carbonyl (C=O) groups is 3. The number of amides is 1. The predicted molar refractivity (Wildman–Crippen MR) is 130 cm³/mol. The molecule has 1 aliphatic carbocycles. The number of aryl methyl sites for hydroxylation is 1. The Labute approximate surface area is 207 Å². The van der Waals surface area contributed by atoms with E-state index in [1.807, 2.05) is 0 Å². The standard InChI is InChI=1S/C26H27NO7S/c1-15(2)33-26(30)22-19-6-4-5-7-21(19)35-24(22)27-23(28)20-13-12-18(34-20)14-32-17-10-8-16(9-11-17)25(29)31-3/h8-13,15H,4-7,14H2,1-3H3,(H,27,28). The number of esters is 2. The number of carbonyl (C=O) groups excluding carboxylic acids is 3. The highest BCUT2D eigenvalue weighted by Gasteiger charge is 2.28. The Morgan fingerprint density at radius 3 is 2.49 bits per heavy atom. The summed E-state index contributed by atoms with van der Waals surface area (Å²) >= 11 is 1.43. The zero-order valence-electron chi connectivity index (χ0n) is 19.8. The summed E-state index contributed by atoms with van der Waals surface area (Å²) in [7, 11) is 1.32. The van der Waals surface area contributed by atoms with Crippen molar-refractivity contribution in [2.24, 2.45) is 0 Å². The summed E-state index contributed by atoms with van der Waals surface area (Å²) in [5, 5.41) is 3.34. The van der Waals surface area contributed by atoms with E-state index in [4.69, 9.17) is 13.9 Å². The van der Waals surface area contributed by atoms with Gasteiger partial charge >= 0.3 is 11.9 Å². The third kappa shape index (κ3) is 5.74. The maximum absolute atomic E-state index is 12.9. The van der Waals surface area contributed by atoms with Crippen molar-refractivity contribution in [2.75, 3.05) is 12.4 Å². The van der Waals surface area contributed by atoms with Crippen molar-refractivity contribution in [3.05, 3.63) is 69.5 Å². The number of furan rings is 1. The number of thiophene rings is 1. The van der Waals surface area contributed by atoms with E-state index >= 15 is 0 Å². The Bertz CT molecular complexity index is 1220. The summed E-state index contributed by atoms with van der Waals surface area (Å²) < 4.78 is 21.5. The summed E-state index contributed by atoms with van der Waals surface area (Å²) in [6.07, 6.45) is 3.50. The first-order chi connectivity index (χ1) is 16.9. The van der Waals surface area contributed by atoms with Crippen molar-refractivity contribution in [3.8, 4) is 5.75 Å². The monoisotopic (exact) mass is 497 g/mol. The van der Waals surface area contributed by atoms with E-state index in [2.05, 4.69) is 10.1 Å². The molecule has 184 valence electrons. The summed E-state index contributed by atoms with van der Waals surface area (Å²) in [6, 6.07) is 9.73. The van der Waals surface area contributed by atoms with Crippen LogP contribution in [0.15, 0.2) is 40.8 Å². The number of hydrogen-bond acceptors (Lipinski definition) is 8. The molecule has 1 N–H and O–H groups in total. The fraction of sp³-hybridized carbons (Fsp3) is 0.346. The summed E-state index contributed by atoms with van der Waals surface area (Å²) in [5.41, 5.74) is 1.86. The second-order valence-corrected chi connectivity index (χ2v) is 9.50. The molecule has 3 aromatic rings. The van der Waals surface area contributed by atoms with Gasteiger partial charge in [-0.2, -0.15) is 0 Å². The van der Waals surface area contributed by atoms with E-state index in [-0.39, 0.29) is 18.5 Å². The van der Waals surface area contributed by atoms with Gasteiger partial charge in [-0.05, 0) is 81.5 Å². The average Bonchev–Trinajstić information content (AvgIpc) is 3.46. The fourth-order valence-corrected chi connectivity index (χ4v) is 5.12. The molecule has 2 aromatic heterocycles. The van der Waals surface area contributed by atoms with Gasteiger partial charge in [-0.15, -0.1) is 11.3 Å². The van der Waals surface area contributed by atoms with E-state index in [9.17, 15) is 14.4 Å². The highest BCUT2D eigenvalue weighted by Crippen LogP contribution is 2.39. The quantitative estimate of drug-likeness (QED) is 0.415. The smallest absolute Gasteiger partial charge is 0.341 e. The lowest BCUT2D eigenvalue weighted by Crippen LogP contribution is -2.17. The van der Waals surface area contributed by atoms with Crippen LogP contribution in [0.3, 0.4) is 0 Å². The van der Waals surface area contributed by atoms with E-state index in [0.717, 1.165) is 36.1 Å². The maximum Gasteiger partial charge on any atom is 0.341 e. The van der Waals surface area contributed by atoms with Crippen molar-refractivity contribution >= 4 is 34.2 Å². The number of nitrogens with one attached hydrogen (secondary N) is 1. The Balaban J connectivity index is 1.43. The van der Waals surface area contributed by atoms with E-state index in [1.165, 1.54) is 18.4 Å². The van der Waals surface area contributed by atoms with E-state index in [0.29, 0.717) is 27.6 Å². The third-order valence-electron chi connectivity index (χ3n) is 5.49. The fourth-order valence-electron chi connectivity index (χ4n) is 3.84. The van der Waals surface area contributed by atoms with Crippen LogP contribution in [0.25, 0.3) is 0 Å². The number of anilines is 1. The van der Waals surface area contributed by atoms with Gasteiger partial charge in [-0.1, -0.05) is 0 Å². The minimum absolute atomic E-state index is 0.101. The second-order valence-electron chi connectivity index (χ2n) is 8.39. The molecule has 0 unspecified atom stereocenters. The number of hydrogen-bond donors (Lipinski definition) is 1. The topological polar surface area (TPSA) is 104 Å². The van der Waals surface area contributed by atoms with E-state index < -0.39 is 17.8 Å². The first-order valence-electron chi connectivity index (χ1n) is 11.4. The number of methoxy groups -OCH3 is 1. The molecule has 0 saturated carbocycles. The molecule has 1 aromatic carbocycles. The Hall–Kier alpha value is -3.59. The molecule has 0 radical (unpaired) electrons. The van der Waals surface area contributed by atoms with E-state index in [1.54, 1.807) is 50.2 Å². The molecule has 1 aliphatic rings. The molecule has 0 saturated heterocycles. The summed E-state index contributed by atoms with van der Waals surface area (Å²) in [4.78, 5) is 38.3. The number of fused-ring (bicyclic) bond motifs is 1. The number of ether oxygens (including phenoxy) is 3. The van der Waals surface area contributed by atoms with Crippen molar-refractivity contribution in [1.82, 2.24) is 0 Å². The Morgan fingerprint density at radius 2 is 1.77 bits per heavy atom. The second kappa shape index (κ2) is 10.8. The largest absolute Gasteiger partial charge is 0.486 e. The molecule has 35 heavy (non-hydrogen) atoms. The Kier molecular flexibility index (Phi) is 7.55. The first kappa shape index (κ1) is 24.5. The lowest BCUT2D eigenvalue weighted by molar-refractivity contribution is 0.0378. The predicted octanol–water partition coefficient (Wildman–Crippen LogP) is 5.40. The van der Waals surface area contributed by atoms with Crippen LogP contribution in [-0.2, 0) is 28.9 Å². The van der Waals surface area contributed by atoms with Crippen LogP contribution in [0.2, 0.25) is 0 Å². The zero-order chi connectivity index (χ0) is 24.9. The zero-order valence-corrected chi connectivity index (χ0v) is 20.7. The number of rotatable bonds is 8. The SMILES string of the molecule is COC(=O)c1ccc(OCc2ccc(C(=O)Nc3sc4c(c3C(=O)OC(C)C)CCCC4)o2)cc1. The van der Waals surface area contributed by atoms with Gasteiger partial charge in [-0.3, -0.25) is 4.79 Å². The first-order valence-corrected chi connectivity index (χ1v) is 12.2. The Morgan fingerprint density at radius 1 is 1.03 bits per heavy atom. The molecule has 9 heteroatoms. The van der Waals surface area contributed by atoms with Crippen LogP contribution >= 0.6 is 11.3 Å². The molecule has 0 bridgehead atoms. The third-order valence-corrected chi connectivity index (χ3v) is 6.69. The van der Waals surface area contributed by atoms with Gasteiger partial charge in [0.1, 0.15) is 23.1 Å². The van der Waals surface area contributed by atoms with Gasteiger partial charge in [0.15, 0.2) is 5.76 Å². The van der Waals surface area contributed by atoms with Gasteiger partial charge in [0, 0.05) is 4.88 Å². The summed E-state index contributed by atoms with van der Waals surface area (Å²) in [5.74, 6) is -0.184. The highest BCUT2D eigenvalue weighted by molar-refractivity contribution is 7.17. The molecule has 8 nitrogen and oxygen atoms in total. The van der Waals surface area contributed by atoms with Crippen LogP contribution in [0.5, 0.6) is 5.75 Å². The van der Waals surface area contributed by atoms with Gasteiger partial charge < -0.3 is 23.9 Å². The van der Waals surface area contributed by atoms with Crippen LogP contribution in [0, 0.1) is 0 Å². The highest BCUT2D eigenvalue weighted by atomic mass is 32.1. The minimum Gasteiger partial charge on any atom is -0.486 e. The van der Waals surface area contributed by atoms with Gasteiger partial charge in [0.05, 0.1) is 24.3 Å². The van der Waals surface area contributed by atoms with Crippen LogP contribution < -0.4 is 10.1 Å². The van der Waals surface area contributed by atoms with Crippen LogP contribution in [0.1, 0.15) is 74.2 Å². The molecule has 0 atom stereocenters. The van der Waals surface area contributed by atoms with Crippen molar-refractivity contribution in [1.29, 1.82) is 0 Å². The maximum atomic E-state index is 12.9. The molecule has 0 aliphatic heterocycles. The molecular weight excluding hydrogens is 470 g/mol. The molecule has 0 spiro atoms. The lowest BCUT2D eigenvalue weighted by atomic mass is 9.95. The minimum atomic E-state index is -0.448. The van der Waals surface area contributed by atoms with Crippen molar-refractivity contribution < 1.29 is 33.0 Å². The number of benzene rings is 1. The van der Waals surface area contributed by atoms with Crippen LogP contribution in [-0.4, -0.2) is 31.1 Å². The molecule has 0 fully saturated rings. The van der Waals surface area contributed by atoms with Gasteiger partial charge in [0.25, 0.3) is 5.91 Å². The molecule has 2 heterocycles. The molecular formula is C26H27NO7S. The molecule has 4 rings (SSSR count). The van der Waals surface area contributed by atoms with Gasteiger partial charge in [0.2, 0.25) is 0 Å². The molecule has 1 amide bonds. The summed E-state index contributed by atoms with van der Waals surface area (Å²) in [6.45, 7) is 3.70. The van der Waals surface area contributed by atoms with Crippen molar-refractivity contribution in [2.45, 2.75) is 52.2 Å². The van der Waals surface area contributed by atoms with Crippen molar-refractivity contribution in [3.63, 3.8) is 0 Å². The lowest BCUT2D eigenvalue weighted by Gasteiger charge is -2.14. The van der Waals surface area contributed by atoms with Crippen LogP contribution in [0.4, 0.5) is 5.00 Å². The average molecular weight is 498 g/mol.